The number of nitrogens with zero attached hydrogens (tertiary/aromatic N) is 3. The van der Waals surface area contributed by atoms with Gasteiger partial charge in [0, 0.05) is 32.4 Å². The summed E-state index contributed by atoms with van der Waals surface area (Å²) in [5, 5.41) is 0. The van der Waals surface area contributed by atoms with E-state index in [1.807, 2.05) is 29.3 Å². The molecule has 0 spiro atoms. The minimum Gasteiger partial charge on any atom is -0.493 e. The largest absolute Gasteiger partial charge is 0.493 e. The summed E-state index contributed by atoms with van der Waals surface area (Å²) in [6.07, 6.45) is 6.82. The van der Waals surface area contributed by atoms with Crippen LogP contribution in [0.15, 0.2) is 30.6 Å². The van der Waals surface area contributed by atoms with Gasteiger partial charge in [0.1, 0.15) is 0 Å². The van der Waals surface area contributed by atoms with Crippen molar-refractivity contribution in [2.75, 3.05) is 38.8 Å². The van der Waals surface area contributed by atoms with E-state index in [-0.39, 0.29) is 5.91 Å². The molecule has 6 heteroatoms. The van der Waals surface area contributed by atoms with Gasteiger partial charge in [0.2, 0.25) is 0 Å². The third kappa shape index (κ3) is 4.02. The van der Waals surface area contributed by atoms with Crippen molar-refractivity contribution in [3.63, 3.8) is 0 Å². The Kier molecular flexibility index (Phi) is 5.60. The molecule has 1 unspecified atom stereocenters. The molecular formula is C23H29N3O3. The Balaban J connectivity index is 1.53. The number of piperidine rings is 1. The van der Waals surface area contributed by atoms with Gasteiger partial charge in [-0.15, -0.1) is 0 Å². The van der Waals surface area contributed by atoms with Crippen LogP contribution < -0.4 is 14.4 Å². The molecule has 4 rings (SSSR count). The predicted molar refractivity (Wildman–Crippen MR) is 113 cm³/mol. The molecule has 6 nitrogen and oxygen atoms in total. The number of amides is 1. The average Bonchev–Trinajstić information content (AvgIpc) is 2.77. The number of anilines is 1. The highest BCUT2D eigenvalue weighted by atomic mass is 16.5. The first-order valence-electron chi connectivity index (χ1n) is 10.3. The number of carbonyl (C=O) groups is 1. The summed E-state index contributed by atoms with van der Waals surface area (Å²) in [5.74, 6) is 2.14. The zero-order valence-corrected chi connectivity index (χ0v) is 17.5. The molecule has 154 valence electrons. The van der Waals surface area contributed by atoms with E-state index in [0.29, 0.717) is 30.3 Å². The second-order valence-electron chi connectivity index (χ2n) is 8.08. The van der Waals surface area contributed by atoms with Crippen molar-refractivity contribution in [3.05, 3.63) is 47.3 Å². The molecule has 0 N–H and O–H groups in total. The molecule has 2 aliphatic heterocycles. The summed E-state index contributed by atoms with van der Waals surface area (Å²) < 4.78 is 10.8. The normalized spacial score (nSPS) is 18.9. The molecule has 0 aliphatic carbocycles. The van der Waals surface area contributed by atoms with E-state index in [2.05, 4.69) is 16.8 Å². The number of aromatic nitrogens is 1. The van der Waals surface area contributed by atoms with Crippen molar-refractivity contribution in [2.45, 2.75) is 32.7 Å². The van der Waals surface area contributed by atoms with Crippen LogP contribution in [0.1, 0.15) is 41.3 Å². The molecule has 0 bridgehead atoms. The van der Waals surface area contributed by atoms with Crippen molar-refractivity contribution < 1.29 is 14.3 Å². The molecular weight excluding hydrogens is 366 g/mol. The molecule has 2 aromatic rings. The predicted octanol–water partition coefficient (Wildman–Crippen LogP) is 3.53. The Bertz CT molecular complexity index is 899. The van der Waals surface area contributed by atoms with Crippen LogP contribution in [0.5, 0.6) is 11.5 Å². The van der Waals surface area contributed by atoms with Gasteiger partial charge in [0.25, 0.3) is 5.91 Å². The standard InChI is InChI=1S/C23H29N3O3/c1-16-5-4-7-25(14-16)20-9-18(12-24-13-20)23(27)26-8-6-17-10-21(28-2)22(29-3)11-19(17)15-26/h9-13,16H,4-8,14-15H2,1-3H3. The fraction of sp³-hybridized carbons (Fsp3) is 0.478. The highest BCUT2D eigenvalue weighted by molar-refractivity contribution is 5.95. The maximum atomic E-state index is 13.2. The lowest BCUT2D eigenvalue weighted by Gasteiger charge is -2.33. The minimum atomic E-state index is 0.0323. The maximum absolute atomic E-state index is 13.2. The smallest absolute Gasteiger partial charge is 0.255 e. The third-order valence-electron chi connectivity index (χ3n) is 6.00. The number of ether oxygens (including phenoxy) is 2. The first-order valence-corrected chi connectivity index (χ1v) is 10.3. The summed E-state index contributed by atoms with van der Waals surface area (Å²) in [5.41, 5.74) is 4.02. The number of pyridine rings is 1. The molecule has 29 heavy (non-hydrogen) atoms. The lowest BCUT2D eigenvalue weighted by Crippen LogP contribution is -2.37. The number of rotatable bonds is 4. The molecule has 1 amide bonds. The van der Waals surface area contributed by atoms with Crippen LogP contribution >= 0.6 is 0 Å². The van der Waals surface area contributed by atoms with Gasteiger partial charge in [-0.05, 0) is 54.5 Å². The topological polar surface area (TPSA) is 54.9 Å². The fourth-order valence-corrected chi connectivity index (χ4v) is 4.38. The second kappa shape index (κ2) is 8.31. The monoisotopic (exact) mass is 395 g/mol. The van der Waals surface area contributed by atoms with Gasteiger partial charge in [0.15, 0.2) is 11.5 Å². The minimum absolute atomic E-state index is 0.0323. The first-order chi connectivity index (χ1) is 14.1. The van der Waals surface area contributed by atoms with Crippen molar-refractivity contribution >= 4 is 11.6 Å². The number of benzene rings is 1. The van der Waals surface area contributed by atoms with Gasteiger partial charge in [-0.25, -0.2) is 0 Å². The zero-order chi connectivity index (χ0) is 20.4. The molecule has 1 aromatic carbocycles. The molecule has 1 fully saturated rings. The number of methoxy groups -OCH3 is 2. The van der Waals surface area contributed by atoms with E-state index in [0.717, 1.165) is 36.5 Å². The lowest BCUT2D eigenvalue weighted by molar-refractivity contribution is 0.0734. The van der Waals surface area contributed by atoms with Gasteiger partial charge in [-0.1, -0.05) is 6.92 Å². The van der Waals surface area contributed by atoms with Crippen molar-refractivity contribution in [1.82, 2.24) is 9.88 Å². The highest BCUT2D eigenvalue weighted by Gasteiger charge is 2.25. The number of carbonyl (C=O) groups excluding carboxylic acids is 1. The Morgan fingerprint density at radius 3 is 2.55 bits per heavy atom. The summed E-state index contributed by atoms with van der Waals surface area (Å²) in [4.78, 5) is 21.8. The van der Waals surface area contributed by atoms with Crippen molar-refractivity contribution in [1.29, 1.82) is 0 Å². The summed E-state index contributed by atoms with van der Waals surface area (Å²) in [7, 11) is 3.28. The van der Waals surface area contributed by atoms with Crippen LogP contribution in [-0.4, -0.2) is 49.6 Å². The van der Waals surface area contributed by atoms with Crippen LogP contribution in [0, 0.1) is 5.92 Å². The Hall–Kier alpha value is -2.76. The van der Waals surface area contributed by atoms with E-state index < -0.39 is 0 Å². The molecule has 1 atom stereocenters. The molecule has 0 saturated carbocycles. The van der Waals surface area contributed by atoms with Gasteiger partial charge in [0.05, 0.1) is 31.7 Å². The summed E-state index contributed by atoms with van der Waals surface area (Å²) in [6, 6.07) is 6.00. The number of hydrogen-bond acceptors (Lipinski definition) is 5. The maximum Gasteiger partial charge on any atom is 0.255 e. The lowest BCUT2D eigenvalue weighted by atomic mass is 9.98. The zero-order valence-electron chi connectivity index (χ0n) is 17.5. The summed E-state index contributed by atoms with van der Waals surface area (Å²) in [6.45, 7) is 5.59. The van der Waals surface area contributed by atoms with E-state index in [1.165, 1.54) is 18.4 Å². The highest BCUT2D eigenvalue weighted by Crippen LogP contribution is 2.33. The molecule has 1 aromatic heterocycles. The second-order valence-corrected chi connectivity index (χ2v) is 8.08. The van der Waals surface area contributed by atoms with E-state index in [4.69, 9.17) is 9.47 Å². The van der Waals surface area contributed by atoms with Crippen molar-refractivity contribution in [3.8, 4) is 11.5 Å². The molecule has 2 aliphatic rings. The summed E-state index contributed by atoms with van der Waals surface area (Å²) >= 11 is 0. The van der Waals surface area contributed by atoms with Gasteiger partial charge >= 0.3 is 0 Å². The Morgan fingerprint density at radius 2 is 1.83 bits per heavy atom. The SMILES string of the molecule is COc1cc2c(cc1OC)CN(C(=O)c1cncc(N3CCCC(C)C3)c1)CC2. The van der Waals surface area contributed by atoms with Gasteiger partial charge in [-0.2, -0.15) is 0 Å². The van der Waals surface area contributed by atoms with Gasteiger partial charge in [-0.3, -0.25) is 9.78 Å². The quantitative estimate of drug-likeness (QED) is 0.793. The van der Waals surface area contributed by atoms with E-state index in [9.17, 15) is 4.79 Å². The first kappa shape index (κ1) is 19.6. The van der Waals surface area contributed by atoms with Crippen molar-refractivity contribution in [2.24, 2.45) is 5.92 Å². The average molecular weight is 396 g/mol. The van der Waals surface area contributed by atoms with Crippen LogP contribution in [-0.2, 0) is 13.0 Å². The van der Waals surface area contributed by atoms with Crippen LogP contribution in [0.3, 0.4) is 0 Å². The molecule has 1 saturated heterocycles. The molecule has 0 radical (unpaired) electrons. The van der Waals surface area contributed by atoms with Crippen LogP contribution in [0.2, 0.25) is 0 Å². The molecule has 3 heterocycles. The third-order valence-corrected chi connectivity index (χ3v) is 6.00. The Morgan fingerprint density at radius 1 is 1.07 bits per heavy atom. The number of hydrogen-bond donors (Lipinski definition) is 0. The number of fused-ring (bicyclic) bond motifs is 1. The van der Waals surface area contributed by atoms with Crippen LogP contribution in [0.4, 0.5) is 5.69 Å². The van der Waals surface area contributed by atoms with Gasteiger partial charge < -0.3 is 19.3 Å². The fourth-order valence-electron chi connectivity index (χ4n) is 4.38. The van der Waals surface area contributed by atoms with Crippen LogP contribution in [0.25, 0.3) is 0 Å². The van der Waals surface area contributed by atoms with E-state index >= 15 is 0 Å². The van der Waals surface area contributed by atoms with E-state index in [1.54, 1.807) is 20.4 Å². The Labute approximate surface area is 172 Å².